The van der Waals surface area contributed by atoms with Crippen molar-refractivity contribution in [2.45, 2.75) is 19.9 Å². The molecule has 2 N–H and O–H groups in total. The molecule has 0 radical (unpaired) electrons. The van der Waals surface area contributed by atoms with E-state index in [2.05, 4.69) is 33.9 Å². The minimum Gasteiger partial charge on any atom is -0.332 e. The Morgan fingerprint density at radius 1 is 1.38 bits per heavy atom. The summed E-state index contributed by atoms with van der Waals surface area (Å²) in [6.45, 7) is 6.68. The number of nitrogens with two attached hydrogens (primary N) is 1. The van der Waals surface area contributed by atoms with Gasteiger partial charge >= 0.3 is 0 Å². The summed E-state index contributed by atoms with van der Waals surface area (Å²) >= 11 is 0. The van der Waals surface area contributed by atoms with Crippen LogP contribution in [0, 0.1) is 11.3 Å². The second-order valence-electron chi connectivity index (χ2n) is 4.59. The molecule has 0 saturated carbocycles. The fourth-order valence-corrected chi connectivity index (χ4v) is 1.92. The normalized spacial score (nSPS) is 12.3. The largest absolute Gasteiger partial charge is 0.332 e. The zero-order valence-electron chi connectivity index (χ0n) is 12.2. The van der Waals surface area contributed by atoms with Gasteiger partial charge in [0.15, 0.2) is 5.82 Å². The van der Waals surface area contributed by atoms with Crippen LogP contribution in [0.1, 0.15) is 31.3 Å². The van der Waals surface area contributed by atoms with Crippen LogP contribution < -0.4 is 5.73 Å². The first kappa shape index (κ1) is 15.1. The molecule has 7 heteroatoms. The van der Waals surface area contributed by atoms with E-state index in [1.165, 1.54) is 6.20 Å². The molecule has 0 amide bonds. The van der Waals surface area contributed by atoms with Gasteiger partial charge in [0, 0.05) is 12.7 Å². The van der Waals surface area contributed by atoms with Crippen LogP contribution in [0.2, 0.25) is 0 Å². The van der Waals surface area contributed by atoms with E-state index in [1.807, 2.05) is 6.07 Å². The summed E-state index contributed by atoms with van der Waals surface area (Å²) in [6.07, 6.45) is 1.47. The number of nitriles is 1. The van der Waals surface area contributed by atoms with Crippen molar-refractivity contribution in [3.8, 4) is 17.7 Å². The van der Waals surface area contributed by atoms with E-state index in [9.17, 15) is 0 Å². The van der Waals surface area contributed by atoms with Gasteiger partial charge in [-0.2, -0.15) is 10.2 Å². The number of hydrogen-bond donors (Lipinski definition) is 1. The van der Waals surface area contributed by atoms with Crippen LogP contribution in [-0.2, 0) is 0 Å². The average molecular weight is 286 g/mol. The number of rotatable bonds is 6. The van der Waals surface area contributed by atoms with Crippen molar-refractivity contribution in [2.24, 2.45) is 5.73 Å². The van der Waals surface area contributed by atoms with E-state index in [4.69, 9.17) is 15.5 Å². The number of nitrogens with zero attached hydrogens (tertiary/aromatic N) is 5. The summed E-state index contributed by atoms with van der Waals surface area (Å²) in [5, 5.41) is 12.7. The number of aromatic nitrogens is 3. The lowest BCUT2D eigenvalue weighted by Crippen LogP contribution is -2.32. The molecular formula is C14H18N6O. The molecule has 2 aromatic heterocycles. The molecule has 0 fully saturated rings. The maximum absolute atomic E-state index is 8.74. The molecule has 0 spiro atoms. The summed E-state index contributed by atoms with van der Waals surface area (Å²) in [4.78, 5) is 10.6. The van der Waals surface area contributed by atoms with Gasteiger partial charge in [-0.05, 0) is 25.2 Å². The number of pyridine rings is 1. The predicted octanol–water partition coefficient (Wildman–Crippen LogP) is 1.34. The van der Waals surface area contributed by atoms with Crippen molar-refractivity contribution in [1.82, 2.24) is 20.0 Å². The van der Waals surface area contributed by atoms with Crippen LogP contribution in [0.25, 0.3) is 11.6 Å². The van der Waals surface area contributed by atoms with E-state index in [1.54, 1.807) is 12.1 Å². The van der Waals surface area contributed by atoms with Gasteiger partial charge in [0.2, 0.25) is 0 Å². The molecular weight excluding hydrogens is 268 g/mol. The lowest BCUT2D eigenvalue weighted by atomic mass is 10.2. The van der Waals surface area contributed by atoms with Crippen LogP contribution in [0.15, 0.2) is 22.9 Å². The van der Waals surface area contributed by atoms with Gasteiger partial charge in [-0.1, -0.05) is 19.0 Å². The molecule has 110 valence electrons. The Bertz CT molecular complexity index is 611. The summed E-state index contributed by atoms with van der Waals surface area (Å²) in [5.74, 6) is 0.771. The Morgan fingerprint density at radius 2 is 2.14 bits per heavy atom. The molecule has 0 aromatic carbocycles. The molecule has 1 unspecified atom stereocenters. The minimum absolute atomic E-state index is 0.305. The standard InChI is InChI=1S/C14H18N6O/c1-3-20(4-2)9-11(16)13-18-14(21-19-13)12-6-5-10(7-15)8-17-12/h5-6,8,11H,3-4,9,16H2,1-2H3. The monoisotopic (exact) mass is 286 g/mol. The van der Waals surface area contributed by atoms with Crippen molar-refractivity contribution in [1.29, 1.82) is 5.26 Å². The summed E-state index contributed by atoms with van der Waals surface area (Å²) in [5.41, 5.74) is 7.11. The van der Waals surface area contributed by atoms with E-state index in [-0.39, 0.29) is 6.04 Å². The molecule has 21 heavy (non-hydrogen) atoms. The van der Waals surface area contributed by atoms with Gasteiger partial charge in [0.1, 0.15) is 11.8 Å². The topological polar surface area (TPSA) is 105 Å². The van der Waals surface area contributed by atoms with Gasteiger partial charge in [0.05, 0.1) is 11.6 Å². The van der Waals surface area contributed by atoms with Crippen molar-refractivity contribution >= 4 is 0 Å². The van der Waals surface area contributed by atoms with Crippen LogP contribution in [0.4, 0.5) is 0 Å². The summed E-state index contributed by atoms with van der Waals surface area (Å²) < 4.78 is 5.19. The second-order valence-corrected chi connectivity index (χ2v) is 4.59. The molecule has 2 rings (SSSR count). The second kappa shape index (κ2) is 6.92. The smallest absolute Gasteiger partial charge is 0.276 e. The first-order valence-corrected chi connectivity index (χ1v) is 6.86. The van der Waals surface area contributed by atoms with Gasteiger partial charge in [-0.15, -0.1) is 0 Å². The highest BCUT2D eigenvalue weighted by Gasteiger charge is 2.17. The minimum atomic E-state index is -0.305. The maximum Gasteiger partial charge on any atom is 0.276 e. The Hall–Kier alpha value is -2.30. The van der Waals surface area contributed by atoms with Gasteiger partial charge < -0.3 is 15.2 Å². The lowest BCUT2D eigenvalue weighted by Gasteiger charge is -2.20. The molecule has 1 atom stereocenters. The summed E-state index contributed by atoms with van der Waals surface area (Å²) in [6, 6.07) is 5.03. The fourth-order valence-electron chi connectivity index (χ4n) is 1.92. The molecule has 0 aliphatic rings. The maximum atomic E-state index is 8.74. The highest BCUT2D eigenvalue weighted by atomic mass is 16.5. The highest BCUT2D eigenvalue weighted by molar-refractivity contribution is 5.47. The quantitative estimate of drug-likeness (QED) is 0.854. The fraction of sp³-hybridized carbons (Fsp3) is 0.429. The van der Waals surface area contributed by atoms with Crippen molar-refractivity contribution in [2.75, 3.05) is 19.6 Å². The third kappa shape index (κ3) is 3.62. The highest BCUT2D eigenvalue weighted by Crippen LogP contribution is 2.17. The summed E-state index contributed by atoms with van der Waals surface area (Å²) in [7, 11) is 0. The number of likely N-dealkylation sites (N-methyl/N-ethyl adjacent to an activating group) is 1. The van der Waals surface area contributed by atoms with E-state index in [0.29, 0.717) is 29.5 Å². The van der Waals surface area contributed by atoms with E-state index < -0.39 is 0 Å². The van der Waals surface area contributed by atoms with Crippen LogP contribution in [0.5, 0.6) is 0 Å². The zero-order valence-corrected chi connectivity index (χ0v) is 12.2. The van der Waals surface area contributed by atoms with Crippen LogP contribution in [0.3, 0.4) is 0 Å². The molecule has 0 saturated heterocycles. The zero-order chi connectivity index (χ0) is 15.2. The first-order valence-electron chi connectivity index (χ1n) is 6.86. The van der Waals surface area contributed by atoms with Crippen molar-refractivity contribution in [3.63, 3.8) is 0 Å². The molecule has 2 aromatic rings. The third-order valence-electron chi connectivity index (χ3n) is 3.23. The first-order chi connectivity index (χ1) is 10.2. The van der Waals surface area contributed by atoms with Gasteiger partial charge in [0.25, 0.3) is 5.89 Å². The molecule has 0 bridgehead atoms. The molecule has 7 nitrogen and oxygen atoms in total. The van der Waals surface area contributed by atoms with Gasteiger partial charge in [-0.25, -0.2) is 4.98 Å². The van der Waals surface area contributed by atoms with Gasteiger partial charge in [-0.3, -0.25) is 0 Å². The average Bonchev–Trinajstić information content (AvgIpc) is 3.02. The molecule has 0 aliphatic carbocycles. The Balaban J connectivity index is 2.11. The number of hydrogen-bond acceptors (Lipinski definition) is 7. The van der Waals surface area contributed by atoms with Crippen LogP contribution >= 0.6 is 0 Å². The Kier molecular flexibility index (Phi) is 4.98. The third-order valence-corrected chi connectivity index (χ3v) is 3.23. The van der Waals surface area contributed by atoms with Crippen LogP contribution in [-0.4, -0.2) is 39.7 Å². The van der Waals surface area contributed by atoms with E-state index in [0.717, 1.165) is 13.1 Å². The van der Waals surface area contributed by atoms with Crippen molar-refractivity contribution < 1.29 is 4.52 Å². The molecule has 2 heterocycles. The van der Waals surface area contributed by atoms with E-state index >= 15 is 0 Å². The Labute approximate surface area is 123 Å². The lowest BCUT2D eigenvalue weighted by molar-refractivity contribution is 0.278. The molecule has 0 aliphatic heterocycles. The predicted molar refractivity (Wildman–Crippen MR) is 77.0 cm³/mol. The SMILES string of the molecule is CCN(CC)CC(N)c1noc(-c2ccc(C#N)cn2)n1. The van der Waals surface area contributed by atoms with Crippen molar-refractivity contribution in [3.05, 3.63) is 29.7 Å². The Morgan fingerprint density at radius 3 is 2.71 bits per heavy atom.